The molecule has 1 N–H and O–H groups in total. The summed E-state index contributed by atoms with van der Waals surface area (Å²) in [6.45, 7) is 2.74. The number of likely N-dealkylation sites (tertiary alicyclic amines) is 1. The molecule has 4 heterocycles. The van der Waals surface area contributed by atoms with Crippen molar-refractivity contribution in [3.8, 4) is 0 Å². The zero-order valence-corrected chi connectivity index (χ0v) is 14.2. The molecule has 12 heteroatoms. The van der Waals surface area contributed by atoms with Crippen LogP contribution in [0.4, 0.5) is 28.7 Å². The zero-order chi connectivity index (χ0) is 19.2. The number of piperazine rings is 1. The lowest BCUT2D eigenvalue weighted by molar-refractivity contribution is -0.138. The smallest absolute Gasteiger partial charge is 0.419 e. The van der Waals surface area contributed by atoms with Crippen LogP contribution < -0.4 is 10.2 Å². The Balaban J connectivity index is 1.29. The minimum atomic E-state index is -4.47. The number of aromatic nitrogens is 2. The van der Waals surface area contributed by atoms with E-state index in [0.29, 0.717) is 39.3 Å². The molecular weight excluding hydrogens is 369 g/mol. The van der Waals surface area contributed by atoms with Gasteiger partial charge in [-0.05, 0) is 0 Å². The first-order valence-corrected chi connectivity index (χ1v) is 8.39. The van der Waals surface area contributed by atoms with Crippen molar-refractivity contribution in [2.75, 3.05) is 50.8 Å². The summed E-state index contributed by atoms with van der Waals surface area (Å²) in [5, 5.41) is 2.72. The van der Waals surface area contributed by atoms with Crippen molar-refractivity contribution in [1.29, 1.82) is 0 Å². The maximum absolute atomic E-state index is 12.6. The molecule has 4 rings (SSSR count). The molecule has 0 saturated carbocycles. The molecule has 0 aromatic carbocycles. The summed E-state index contributed by atoms with van der Waals surface area (Å²) >= 11 is 0. The van der Waals surface area contributed by atoms with Crippen LogP contribution in [0.2, 0.25) is 0 Å². The van der Waals surface area contributed by atoms with Crippen LogP contribution in [0.25, 0.3) is 0 Å². The normalized spacial score (nSPS) is 21.7. The molecule has 0 radical (unpaired) electrons. The Morgan fingerprint density at radius 3 is 2.26 bits per heavy atom. The number of cyclic esters (lactones) is 1. The molecular formula is C15H17F3N6O3. The number of nitrogens with one attached hydrogen (secondary N) is 1. The topological polar surface area (TPSA) is 90.9 Å². The number of halogens is 3. The van der Waals surface area contributed by atoms with Gasteiger partial charge in [0.2, 0.25) is 5.95 Å². The second kappa shape index (κ2) is 6.13. The lowest BCUT2D eigenvalue weighted by atomic mass is 9.92. The summed E-state index contributed by atoms with van der Waals surface area (Å²) < 4.78 is 42.6. The third-order valence-electron chi connectivity index (χ3n) is 4.90. The highest BCUT2D eigenvalue weighted by molar-refractivity contribution is 5.78. The average molecular weight is 386 g/mol. The summed E-state index contributed by atoms with van der Waals surface area (Å²) in [7, 11) is 0. The van der Waals surface area contributed by atoms with E-state index < -0.39 is 23.4 Å². The predicted molar refractivity (Wildman–Crippen MR) is 85.0 cm³/mol. The molecule has 3 aliphatic heterocycles. The van der Waals surface area contributed by atoms with E-state index in [1.165, 1.54) is 0 Å². The quantitative estimate of drug-likeness (QED) is 0.757. The van der Waals surface area contributed by atoms with Gasteiger partial charge in [-0.25, -0.2) is 19.6 Å². The van der Waals surface area contributed by atoms with Gasteiger partial charge in [0.05, 0.1) is 18.7 Å². The Hall–Kier alpha value is -2.79. The molecule has 3 fully saturated rings. The first-order chi connectivity index (χ1) is 12.8. The van der Waals surface area contributed by atoms with Crippen molar-refractivity contribution in [3.05, 3.63) is 18.0 Å². The zero-order valence-electron chi connectivity index (χ0n) is 14.2. The Kier molecular flexibility index (Phi) is 4.00. The molecule has 1 aromatic rings. The molecule has 27 heavy (non-hydrogen) atoms. The molecule has 3 aliphatic rings. The molecule has 0 bridgehead atoms. The Morgan fingerprint density at radius 1 is 1.11 bits per heavy atom. The van der Waals surface area contributed by atoms with Gasteiger partial charge in [0, 0.05) is 38.6 Å². The van der Waals surface area contributed by atoms with Gasteiger partial charge in [0.1, 0.15) is 12.1 Å². The van der Waals surface area contributed by atoms with E-state index in [1.807, 2.05) is 0 Å². The minimum Gasteiger partial charge on any atom is -0.447 e. The lowest BCUT2D eigenvalue weighted by Gasteiger charge is -2.48. The van der Waals surface area contributed by atoms with E-state index in [2.05, 4.69) is 15.3 Å². The van der Waals surface area contributed by atoms with Crippen LogP contribution in [-0.4, -0.2) is 83.3 Å². The fraction of sp³-hybridized carbons (Fsp3) is 0.600. The van der Waals surface area contributed by atoms with E-state index in [-0.39, 0.29) is 18.6 Å². The van der Waals surface area contributed by atoms with Crippen molar-refractivity contribution in [2.24, 2.45) is 0 Å². The molecule has 0 unspecified atom stereocenters. The van der Waals surface area contributed by atoms with E-state index in [1.54, 1.807) is 14.7 Å². The van der Waals surface area contributed by atoms with Gasteiger partial charge in [0.15, 0.2) is 0 Å². The summed E-state index contributed by atoms with van der Waals surface area (Å²) in [4.78, 5) is 36.3. The number of hydrogen-bond acceptors (Lipinski definition) is 6. The third-order valence-corrected chi connectivity index (χ3v) is 4.90. The summed E-state index contributed by atoms with van der Waals surface area (Å²) in [6.07, 6.45) is -3.41. The number of carbonyl (C=O) groups excluding carboxylic acids is 2. The standard InChI is InChI=1S/C15H17F3N6O3/c16-15(17,18)10-5-19-11(20-6-10)22-1-3-23(4-2-22)13(26)24-7-14(8-24)9-27-12(25)21-14/h5-6H,1-4,7-9H2,(H,21,25). The molecule has 3 saturated heterocycles. The number of amides is 3. The summed E-state index contributed by atoms with van der Waals surface area (Å²) in [5.74, 6) is 0.212. The predicted octanol–water partition coefficient (Wildman–Crippen LogP) is 0.532. The summed E-state index contributed by atoms with van der Waals surface area (Å²) in [5.41, 5.74) is -1.36. The Bertz CT molecular complexity index is 742. The van der Waals surface area contributed by atoms with E-state index >= 15 is 0 Å². The fourth-order valence-electron chi connectivity index (χ4n) is 3.41. The second-order valence-electron chi connectivity index (χ2n) is 6.86. The first-order valence-electron chi connectivity index (χ1n) is 8.39. The van der Waals surface area contributed by atoms with Crippen LogP contribution in [0.3, 0.4) is 0 Å². The van der Waals surface area contributed by atoms with Crippen molar-refractivity contribution in [3.63, 3.8) is 0 Å². The Morgan fingerprint density at radius 2 is 1.74 bits per heavy atom. The number of alkyl halides is 3. The third kappa shape index (κ3) is 3.30. The minimum absolute atomic E-state index is 0.130. The average Bonchev–Trinajstić information content (AvgIpc) is 3.02. The van der Waals surface area contributed by atoms with E-state index in [0.717, 1.165) is 12.4 Å². The van der Waals surface area contributed by atoms with Gasteiger partial charge < -0.3 is 24.8 Å². The molecule has 0 atom stereocenters. The molecule has 9 nitrogen and oxygen atoms in total. The van der Waals surface area contributed by atoms with Gasteiger partial charge in [-0.15, -0.1) is 0 Å². The number of hydrogen-bond donors (Lipinski definition) is 1. The number of alkyl carbamates (subject to hydrolysis) is 1. The van der Waals surface area contributed by atoms with Gasteiger partial charge in [-0.3, -0.25) is 0 Å². The van der Waals surface area contributed by atoms with Crippen LogP contribution in [0, 0.1) is 0 Å². The highest BCUT2D eigenvalue weighted by Crippen LogP contribution is 2.29. The van der Waals surface area contributed by atoms with Crippen LogP contribution in [-0.2, 0) is 10.9 Å². The van der Waals surface area contributed by atoms with E-state index in [4.69, 9.17) is 4.74 Å². The number of rotatable bonds is 1. The lowest BCUT2D eigenvalue weighted by Crippen LogP contribution is -2.72. The monoisotopic (exact) mass is 386 g/mol. The molecule has 1 spiro atoms. The van der Waals surface area contributed by atoms with Crippen molar-refractivity contribution >= 4 is 18.1 Å². The summed E-state index contributed by atoms with van der Waals surface area (Å²) in [6, 6.07) is -0.130. The number of carbonyl (C=O) groups is 2. The van der Waals surface area contributed by atoms with E-state index in [9.17, 15) is 22.8 Å². The van der Waals surface area contributed by atoms with Crippen molar-refractivity contribution in [1.82, 2.24) is 25.1 Å². The molecule has 1 aromatic heterocycles. The maximum atomic E-state index is 12.6. The molecule has 0 aliphatic carbocycles. The number of ether oxygens (including phenoxy) is 1. The fourth-order valence-corrected chi connectivity index (χ4v) is 3.41. The maximum Gasteiger partial charge on any atom is 0.419 e. The number of anilines is 1. The van der Waals surface area contributed by atoms with Crippen LogP contribution in [0.1, 0.15) is 5.56 Å². The second-order valence-corrected chi connectivity index (χ2v) is 6.86. The first kappa shape index (κ1) is 17.6. The number of urea groups is 1. The highest BCUT2D eigenvalue weighted by Gasteiger charge is 2.52. The largest absolute Gasteiger partial charge is 0.447 e. The van der Waals surface area contributed by atoms with Crippen LogP contribution in [0.5, 0.6) is 0 Å². The van der Waals surface area contributed by atoms with Gasteiger partial charge in [0.25, 0.3) is 0 Å². The van der Waals surface area contributed by atoms with Crippen molar-refractivity contribution in [2.45, 2.75) is 11.7 Å². The van der Waals surface area contributed by atoms with Crippen LogP contribution >= 0.6 is 0 Å². The SMILES string of the molecule is O=C1NC2(CO1)CN(C(=O)N1CCN(c3ncc(C(F)(F)F)cn3)CC1)C2. The van der Waals surface area contributed by atoms with Gasteiger partial charge in [-0.2, -0.15) is 13.2 Å². The van der Waals surface area contributed by atoms with Gasteiger partial charge >= 0.3 is 18.3 Å². The van der Waals surface area contributed by atoms with Gasteiger partial charge in [-0.1, -0.05) is 0 Å². The Labute approximate surface area is 152 Å². The van der Waals surface area contributed by atoms with Crippen LogP contribution in [0.15, 0.2) is 12.4 Å². The molecule has 146 valence electrons. The highest BCUT2D eigenvalue weighted by atomic mass is 19.4. The molecule has 3 amide bonds. The number of nitrogens with zero attached hydrogens (tertiary/aromatic N) is 5. The van der Waals surface area contributed by atoms with Crippen molar-refractivity contribution < 1.29 is 27.5 Å².